The molecule has 0 radical (unpaired) electrons. The molecular formula is C8H12ClNO3. The Hall–Kier alpha value is -0.970. The van der Waals surface area contributed by atoms with E-state index in [1.165, 1.54) is 18.2 Å². The van der Waals surface area contributed by atoms with Crippen molar-refractivity contribution in [3.63, 3.8) is 0 Å². The normalized spacial score (nSPS) is 11.8. The summed E-state index contributed by atoms with van der Waals surface area (Å²) in [6.07, 6.45) is 0. The number of hydrogen-bond acceptors (Lipinski definition) is 4. The van der Waals surface area contributed by atoms with Crippen molar-refractivity contribution >= 4 is 12.4 Å². The van der Waals surface area contributed by atoms with Crippen LogP contribution in [0.4, 0.5) is 0 Å². The van der Waals surface area contributed by atoms with Gasteiger partial charge < -0.3 is 21.1 Å². The third-order valence-electron chi connectivity index (χ3n) is 1.61. The zero-order valence-corrected chi connectivity index (χ0v) is 7.66. The summed E-state index contributed by atoms with van der Waals surface area (Å²) in [4.78, 5) is 0. The van der Waals surface area contributed by atoms with Crippen LogP contribution in [0, 0.1) is 0 Å². The number of halogens is 1. The smallest absolute Gasteiger partial charge is 0.124 e. The first kappa shape index (κ1) is 12.0. The Morgan fingerprint density at radius 2 is 1.92 bits per heavy atom. The van der Waals surface area contributed by atoms with E-state index in [9.17, 15) is 5.11 Å². The Bertz CT molecular complexity index is 280. The van der Waals surface area contributed by atoms with Crippen LogP contribution in [0.15, 0.2) is 18.2 Å². The van der Waals surface area contributed by atoms with Crippen molar-refractivity contribution < 1.29 is 15.3 Å². The van der Waals surface area contributed by atoms with E-state index < -0.39 is 6.04 Å². The predicted molar refractivity (Wildman–Crippen MR) is 51.0 cm³/mol. The molecule has 0 amide bonds. The fourth-order valence-corrected chi connectivity index (χ4v) is 0.944. The molecular weight excluding hydrogens is 194 g/mol. The average Bonchev–Trinajstić information content (AvgIpc) is 2.03. The molecule has 1 aromatic carbocycles. The van der Waals surface area contributed by atoms with Crippen molar-refractivity contribution in [2.45, 2.75) is 6.04 Å². The molecule has 0 spiro atoms. The maximum absolute atomic E-state index is 9.24. The van der Waals surface area contributed by atoms with Crippen molar-refractivity contribution in [3.05, 3.63) is 23.8 Å². The lowest BCUT2D eigenvalue weighted by atomic mass is 10.1. The zero-order chi connectivity index (χ0) is 9.14. The summed E-state index contributed by atoms with van der Waals surface area (Å²) < 4.78 is 0. The Labute approximate surface area is 82.0 Å². The van der Waals surface area contributed by atoms with E-state index in [1.807, 2.05) is 0 Å². The number of phenols is 2. The number of phenolic OH excluding ortho intramolecular Hbond substituents is 2. The van der Waals surface area contributed by atoms with Crippen LogP contribution in [-0.2, 0) is 0 Å². The second-order valence-electron chi connectivity index (χ2n) is 2.53. The lowest BCUT2D eigenvalue weighted by Gasteiger charge is -2.10. The molecule has 0 aromatic heterocycles. The van der Waals surface area contributed by atoms with E-state index in [1.54, 1.807) is 0 Å². The quantitative estimate of drug-likeness (QED) is 0.567. The minimum atomic E-state index is -0.606. The second-order valence-corrected chi connectivity index (χ2v) is 2.53. The van der Waals surface area contributed by atoms with Crippen LogP contribution >= 0.6 is 12.4 Å². The first-order valence-corrected chi connectivity index (χ1v) is 3.53. The van der Waals surface area contributed by atoms with Crippen LogP contribution in [0.5, 0.6) is 11.5 Å². The first-order chi connectivity index (χ1) is 5.65. The van der Waals surface area contributed by atoms with E-state index in [4.69, 9.17) is 15.9 Å². The number of hydrogen-bond donors (Lipinski definition) is 4. The SMILES string of the molecule is Cl.N[C@@H](CO)c1ccc(O)cc1O. The van der Waals surface area contributed by atoms with Gasteiger partial charge in [0.25, 0.3) is 0 Å². The van der Waals surface area contributed by atoms with Crippen LogP contribution in [0.3, 0.4) is 0 Å². The molecule has 5 heteroatoms. The minimum absolute atomic E-state index is 0. The molecule has 0 unspecified atom stereocenters. The largest absolute Gasteiger partial charge is 0.508 e. The van der Waals surface area contributed by atoms with E-state index in [0.717, 1.165) is 0 Å². The number of aliphatic hydroxyl groups is 1. The topological polar surface area (TPSA) is 86.7 Å². The number of aliphatic hydroxyl groups excluding tert-OH is 1. The maximum atomic E-state index is 9.24. The van der Waals surface area contributed by atoms with Gasteiger partial charge in [-0.3, -0.25) is 0 Å². The molecule has 4 nitrogen and oxygen atoms in total. The lowest BCUT2D eigenvalue weighted by molar-refractivity contribution is 0.265. The number of benzene rings is 1. The van der Waals surface area contributed by atoms with E-state index in [0.29, 0.717) is 5.56 Å². The molecule has 74 valence electrons. The summed E-state index contributed by atoms with van der Waals surface area (Å²) >= 11 is 0. The van der Waals surface area contributed by atoms with Crippen molar-refractivity contribution in [3.8, 4) is 11.5 Å². The van der Waals surface area contributed by atoms with E-state index in [-0.39, 0.29) is 30.5 Å². The van der Waals surface area contributed by atoms with Gasteiger partial charge in [0, 0.05) is 11.6 Å². The molecule has 13 heavy (non-hydrogen) atoms. The summed E-state index contributed by atoms with van der Waals surface area (Å²) in [7, 11) is 0. The van der Waals surface area contributed by atoms with E-state index >= 15 is 0 Å². The fraction of sp³-hybridized carbons (Fsp3) is 0.250. The Kier molecular flexibility index (Phi) is 4.55. The standard InChI is InChI=1S/C8H11NO3.ClH/c9-7(4-10)6-2-1-5(11)3-8(6)12;/h1-3,7,10-12H,4,9H2;1H/t7-;/m0./s1. The van der Waals surface area contributed by atoms with Crippen LogP contribution < -0.4 is 5.73 Å². The van der Waals surface area contributed by atoms with Crippen LogP contribution in [-0.4, -0.2) is 21.9 Å². The molecule has 5 N–H and O–H groups in total. The highest BCUT2D eigenvalue weighted by molar-refractivity contribution is 5.85. The van der Waals surface area contributed by atoms with Crippen molar-refractivity contribution in [2.24, 2.45) is 5.73 Å². The van der Waals surface area contributed by atoms with Crippen LogP contribution in [0.25, 0.3) is 0 Å². The molecule has 0 aliphatic heterocycles. The summed E-state index contributed by atoms with van der Waals surface area (Å²) in [5.41, 5.74) is 5.88. The molecule has 0 saturated carbocycles. The van der Waals surface area contributed by atoms with Gasteiger partial charge in [0.1, 0.15) is 11.5 Å². The molecule has 0 heterocycles. The third kappa shape index (κ3) is 2.77. The van der Waals surface area contributed by atoms with Gasteiger partial charge in [-0.1, -0.05) is 6.07 Å². The highest BCUT2D eigenvalue weighted by Gasteiger charge is 2.09. The molecule has 1 rings (SSSR count). The number of nitrogens with two attached hydrogens (primary N) is 1. The lowest BCUT2D eigenvalue weighted by Crippen LogP contribution is -2.14. The molecule has 0 aliphatic carbocycles. The second kappa shape index (κ2) is 4.91. The molecule has 0 bridgehead atoms. The fourth-order valence-electron chi connectivity index (χ4n) is 0.944. The van der Waals surface area contributed by atoms with Gasteiger partial charge >= 0.3 is 0 Å². The van der Waals surface area contributed by atoms with E-state index in [2.05, 4.69) is 0 Å². The number of aromatic hydroxyl groups is 2. The van der Waals surface area contributed by atoms with Gasteiger partial charge in [0.15, 0.2) is 0 Å². The Morgan fingerprint density at radius 1 is 1.31 bits per heavy atom. The summed E-state index contributed by atoms with van der Waals surface area (Å²) in [6.45, 7) is -0.238. The molecule has 1 aromatic rings. The minimum Gasteiger partial charge on any atom is -0.508 e. The van der Waals surface area contributed by atoms with Gasteiger partial charge in [-0.25, -0.2) is 0 Å². The molecule has 1 atom stereocenters. The van der Waals surface area contributed by atoms with Crippen LogP contribution in [0.1, 0.15) is 11.6 Å². The Balaban J connectivity index is 0.00000144. The predicted octanol–water partition coefficient (Wildman–Crippen LogP) is 0.512. The van der Waals surface area contributed by atoms with Gasteiger partial charge in [0.05, 0.1) is 12.6 Å². The van der Waals surface area contributed by atoms with Crippen molar-refractivity contribution in [1.82, 2.24) is 0 Å². The average molecular weight is 206 g/mol. The third-order valence-corrected chi connectivity index (χ3v) is 1.61. The summed E-state index contributed by atoms with van der Waals surface area (Å²) in [5, 5.41) is 26.9. The molecule has 0 saturated heterocycles. The van der Waals surface area contributed by atoms with Gasteiger partial charge in [-0.05, 0) is 6.07 Å². The zero-order valence-electron chi connectivity index (χ0n) is 6.84. The summed E-state index contributed by atoms with van der Waals surface area (Å²) in [6, 6.07) is 3.46. The van der Waals surface area contributed by atoms with Crippen molar-refractivity contribution in [1.29, 1.82) is 0 Å². The maximum Gasteiger partial charge on any atom is 0.124 e. The monoisotopic (exact) mass is 205 g/mol. The van der Waals surface area contributed by atoms with Crippen LogP contribution in [0.2, 0.25) is 0 Å². The van der Waals surface area contributed by atoms with Gasteiger partial charge in [-0.15, -0.1) is 12.4 Å². The highest BCUT2D eigenvalue weighted by Crippen LogP contribution is 2.26. The van der Waals surface area contributed by atoms with Gasteiger partial charge in [-0.2, -0.15) is 0 Å². The van der Waals surface area contributed by atoms with Gasteiger partial charge in [0.2, 0.25) is 0 Å². The summed E-state index contributed by atoms with van der Waals surface area (Å²) in [5.74, 6) is -0.127. The molecule has 0 fully saturated rings. The highest BCUT2D eigenvalue weighted by atomic mass is 35.5. The Morgan fingerprint density at radius 3 is 2.38 bits per heavy atom. The molecule has 0 aliphatic rings. The first-order valence-electron chi connectivity index (χ1n) is 3.53. The number of rotatable bonds is 2. The van der Waals surface area contributed by atoms with Crippen molar-refractivity contribution in [2.75, 3.05) is 6.61 Å².